The van der Waals surface area contributed by atoms with Crippen LogP contribution in [0.1, 0.15) is 131 Å². The van der Waals surface area contributed by atoms with Crippen molar-refractivity contribution in [3.63, 3.8) is 0 Å². The number of carbonyl (C=O) groups excluding carboxylic acids is 2. The van der Waals surface area contributed by atoms with E-state index in [0.717, 1.165) is 56.6 Å². The molecular weight excluding hydrogens is 602 g/mol. The zero-order valence-electron chi connectivity index (χ0n) is 29.4. The molecule has 5 aliphatic rings. The average molecular weight is 656 g/mol. The summed E-state index contributed by atoms with van der Waals surface area (Å²) in [6.07, 6.45) is 11.6. The third-order valence-corrected chi connectivity index (χ3v) is 11.4. The van der Waals surface area contributed by atoms with Crippen LogP contribution < -0.4 is 10.6 Å². The summed E-state index contributed by atoms with van der Waals surface area (Å²) in [5.74, 6) is 3.68. The van der Waals surface area contributed by atoms with Gasteiger partial charge in [0.15, 0.2) is 0 Å². The van der Waals surface area contributed by atoms with Crippen LogP contribution in [0.2, 0.25) is 0 Å². The number of aromatic hydroxyl groups is 1. The van der Waals surface area contributed by atoms with Crippen LogP contribution >= 0.6 is 0 Å². The van der Waals surface area contributed by atoms with Gasteiger partial charge in [-0.25, -0.2) is 4.98 Å². The summed E-state index contributed by atoms with van der Waals surface area (Å²) in [5, 5.41) is 17.4. The number of carbonyl (C=O) groups is 2. The van der Waals surface area contributed by atoms with E-state index in [1.165, 1.54) is 58.2 Å². The monoisotopic (exact) mass is 655 g/mol. The number of rotatable bonds is 7. The Kier molecular flexibility index (Phi) is 10.3. The molecule has 1 aromatic heterocycles. The summed E-state index contributed by atoms with van der Waals surface area (Å²) in [7, 11) is 3.25. The molecule has 4 bridgehead atoms. The van der Waals surface area contributed by atoms with Gasteiger partial charge in [0.05, 0.1) is 17.9 Å². The molecule has 258 valence electrons. The van der Waals surface area contributed by atoms with Crippen molar-refractivity contribution in [1.82, 2.24) is 25.5 Å². The van der Waals surface area contributed by atoms with E-state index in [-0.39, 0.29) is 6.04 Å². The molecule has 48 heavy (non-hydrogen) atoms. The van der Waals surface area contributed by atoms with Crippen LogP contribution in [-0.4, -0.2) is 59.6 Å². The van der Waals surface area contributed by atoms with E-state index in [9.17, 15) is 14.7 Å². The number of nitrogens with one attached hydrogen (secondary N) is 3. The fourth-order valence-electron chi connectivity index (χ4n) is 8.93. The fourth-order valence-corrected chi connectivity index (χ4v) is 8.93. The Balaban J connectivity index is 0.000000319. The number of aromatic nitrogens is 2. The van der Waals surface area contributed by atoms with Gasteiger partial charge in [-0.3, -0.25) is 9.59 Å². The van der Waals surface area contributed by atoms with Crippen LogP contribution in [0.3, 0.4) is 0 Å². The Morgan fingerprint density at radius 2 is 1.54 bits per heavy atom. The zero-order chi connectivity index (χ0) is 34.1. The van der Waals surface area contributed by atoms with Crippen LogP contribution in [0.4, 0.5) is 0 Å². The van der Waals surface area contributed by atoms with E-state index in [2.05, 4.69) is 59.3 Å². The number of imidazole rings is 1. The van der Waals surface area contributed by atoms with Crippen LogP contribution in [-0.2, 0) is 14.3 Å². The van der Waals surface area contributed by atoms with Crippen molar-refractivity contribution in [2.75, 3.05) is 20.8 Å². The molecule has 2 aliphatic carbocycles. The molecule has 3 aromatic rings. The number of nitrogens with zero attached hydrogens (tertiary/aromatic N) is 2. The van der Waals surface area contributed by atoms with Crippen molar-refractivity contribution in [2.24, 2.45) is 11.8 Å². The van der Waals surface area contributed by atoms with Crippen LogP contribution in [0.15, 0.2) is 30.5 Å². The molecule has 2 amide bonds. The first-order valence-electron chi connectivity index (χ1n) is 17.9. The Morgan fingerprint density at radius 1 is 0.917 bits per heavy atom. The predicted molar refractivity (Wildman–Crippen MR) is 189 cm³/mol. The normalized spacial score (nSPS) is 26.6. The average Bonchev–Trinajstić information content (AvgIpc) is 3.91. The van der Waals surface area contributed by atoms with E-state index in [1.807, 2.05) is 24.1 Å². The molecule has 7 atom stereocenters. The number of benzene rings is 2. The number of phenols is 1. The van der Waals surface area contributed by atoms with Gasteiger partial charge in [-0.05, 0) is 109 Å². The number of ether oxygens (including phenoxy) is 1. The highest BCUT2D eigenvalue weighted by Gasteiger charge is 2.44. The number of methoxy groups -OCH3 is 1. The number of H-pyrrole nitrogens is 1. The molecule has 3 aliphatic heterocycles. The minimum absolute atomic E-state index is 0.0472. The Hall–Kier alpha value is -3.69. The lowest BCUT2D eigenvalue weighted by molar-refractivity contribution is -0.119. The quantitative estimate of drug-likeness (QED) is 0.199. The molecule has 8 rings (SSSR count). The molecule has 2 aromatic carbocycles. The number of fused-ring (bicyclic) bond motifs is 10. The number of aromatic amines is 1. The Morgan fingerprint density at radius 3 is 2.19 bits per heavy atom. The summed E-state index contributed by atoms with van der Waals surface area (Å²) >= 11 is 0. The first-order chi connectivity index (χ1) is 23.2. The Bertz CT molecular complexity index is 1620. The summed E-state index contributed by atoms with van der Waals surface area (Å²) in [6, 6.07) is 9.77. The number of piperidine rings is 1. The van der Waals surface area contributed by atoms with E-state index in [1.54, 1.807) is 14.2 Å². The fraction of sp³-hybridized carbons (Fsp3) is 0.564. The molecule has 4 N–H and O–H groups in total. The first-order valence-corrected chi connectivity index (χ1v) is 17.9. The SMILES string of the molecule is CC(C)C(C)NC=O.CC1CC2NC(C1)c1c(-c3ccc(O)c4c3C3CCC4C3)ccc(-c3cnc(C4CCCN4C=O)[nH]3)c12.COC. The highest BCUT2D eigenvalue weighted by Crippen LogP contribution is 2.60. The number of hydrogen-bond donors (Lipinski definition) is 4. The third kappa shape index (κ3) is 6.27. The van der Waals surface area contributed by atoms with Gasteiger partial charge in [0.25, 0.3) is 0 Å². The topological polar surface area (TPSA) is 120 Å². The summed E-state index contributed by atoms with van der Waals surface area (Å²) in [4.78, 5) is 31.6. The molecule has 4 heterocycles. The largest absolute Gasteiger partial charge is 0.508 e. The van der Waals surface area contributed by atoms with Crippen LogP contribution in [0, 0.1) is 11.8 Å². The summed E-state index contributed by atoms with van der Waals surface area (Å²) < 4.78 is 4.25. The number of likely N-dealkylation sites (tertiary alicyclic amines) is 1. The second-order valence-corrected chi connectivity index (χ2v) is 14.9. The highest BCUT2D eigenvalue weighted by molar-refractivity contribution is 5.82. The zero-order valence-corrected chi connectivity index (χ0v) is 29.4. The lowest BCUT2D eigenvalue weighted by Gasteiger charge is -2.27. The van der Waals surface area contributed by atoms with Gasteiger partial charge in [-0.2, -0.15) is 0 Å². The third-order valence-electron chi connectivity index (χ3n) is 11.4. The minimum atomic E-state index is 0.0472. The first kappa shape index (κ1) is 34.2. The summed E-state index contributed by atoms with van der Waals surface area (Å²) in [5.41, 5.74) is 10.5. The molecule has 7 unspecified atom stereocenters. The van der Waals surface area contributed by atoms with E-state index >= 15 is 0 Å². The van der Waals surface area contributed by atoms with Gasteiger partial charge in [0.2, 0.25) is 12.8 Å². The maximum absolute atomic E-state index is 11.6. The van der Waals surface area contributed by atoms with Crippen molar-refractivity contribution >= 4 is 12.8 Å². The van der Waals surface area contributed by atoms with Gasteiger partial charge in [0.1, 0.15) is 11.6 Å². The smallest absolute Gasteiger partial charge is 0.210 e. The van der Waals surface area contributed by atoms with E-state index in [0.29, 0.717) is 47.5 Å². The molecule has 1 saturated carbocycles. The minimum Gasteiger partial charge on any atom is -0.508 e. The highest BCUT2D eigenvalue weighted by atomic mass is 16.4. The van der Waals surface area contributed by atoms with Gasteiger partial charge in [0, 0.05) is 50.0 Å². The van der Waals surface area contributed by atoms with E-state index < -0.39 is 0 Å². The van der Waals surface area contributed by atoms with E-state index in [4.69, 9.17) is 4.98 Å². The standard InChI is InChI=1S/C31H34N4O2.C6H13NO.C2H6O/c1-16-11-22-29-20(19-8-9-26(37)28-18-5-4-17(13-18)27(19)28)6-7-21(30(29)23(12-16)33-22)24-14-32-31(34-24)25-3-2-10-35(25)15-36;1-5(2)6(3)7-4-8;1-3-2/h6-9,14-18,22-23,25,33,37H,2-5,10-13H2,1H3,(H,32,34);4-6H,1-3H3,(H,7,8);1-2H3. The van der Waals surface area contributed by atoms with Gasteiger partial charge in [-0.1, -0.05) is 39.0 Å². The van der Waals surface area contributed by atoms with Gasteiger partial charge >= 0.3 is 0 Å². The molecule has 3 fully saturated rings. The van der Waals surface area contributed by atoms with Gasteiger partial charge < -0.3 is 30.4 Å². The van der Waals surface area contributed by atoms with Crippen molar-refractivity contribution in [3.8, 4) is 28.1 Å². The maximum Gasteiger partial charge on any atom is 0.210 e. The number of phenolic OH excluding ortho intramolecular Hbond substituents is 1. The maximum atomic E-state index is 11.6. The lowest BCUT2D eigenvalue weighted by atomic mass is 9.81. The van der Waals surface area contributed by atoms with Crippen molar-refractivity contribution < 1.29 is 19.4 Å². The molecule has 0 radical (unpaired) electrons. The second-order valence-electron chi connectivity index (χ2n) is 14.9. The molecule has 0 spiro atoms. The van der Waals surface area contributed by atoms with Crippen molar-refractivity contribution in [3.05, 3.63) is 58.5 Å². The second kappa shape index (κ2) is 14.4. The van der Waals surface area contributed by atoms with Crippen LogP contribution in [0.5, 0.6) is 5.75 Å². The van der Waals surface area contributed by atoms with Gasteiger partial charge in [-0.15, -0.1) is 0 Å². The number of amides is 2. The molecule has 2 saturated heterocycles. The number of hydrogen-bond acceptors (Lipinski definition) is 6. The lowest BCUT2D eigenvalue weighted by Crippen LogP contribution is -2.29. The van der Waals surface area contributed by atoms with Crippen LogP contribution in [0.25, 0.3) is 22.4 Å². The molecule has 9 heteroatoms. The molecular formula is C39H53N5O4. The predicted octanol–water partition coefficient (Wildman–Crippen LogP) is 7.26. The molecule has 9 nitrogen and oxygen atoms in total. The van der Waals surface area contributed by atoms with Crippen molar-refractivity contribution in [2.45, 2.75) is 109 Å². The summed E-state index contributed by atoms with van der Waals surface area (Å²) in [6.45, 7) is 9.31. The Labute approximate surface area is 285 Å². The van der Waals surface area contributed by atoms with Crippen molar-refractivity contribution in [1.29, 1.82) is 0 Å².